The second-order valence-corrected chi connectivity index (χ2v) is 11.4. The Balaban J connectivity index is 2.03. The molecule has 1 heterocycles. The predicted octanol–water partition coefficient (Wildman–Crippen LogP) is 4.41. The van der Waals surface area contributed by atoms with Gasteiger partial charge in [0.2, 0.25) is 0 Å². The second kappa shape index (κ2) is 12.8. The zero-order chi connectivity index (χ0) is 29.6. The Morgan fingerprint density at radius 1 is 1.27 bits per heavy atom. The Hall–Kier alpha value is -3.51. The molecule has 1 aromatic rings. The number of amidine groups is 1. The summed E-state index contributed by atoms with van der Waals surface area (Å²) < 4.78 is 6.24. The molecule has 2 atom stereocenters. The van der Waals surface area contributed by atoms with Crippen molar-refractivity contribution in [1.82, 2.24) is 10.6 Å². The van der Waals surface area contributed by atoms with Crippen LogP contribution in [0.3, 0.4) is 0 Å². The number of nitriles is 1. The van der Waals surface area contributed by atoms with Crippen LogP contribution in [-0.2, 0) is 16.1 Å². The molecule has 0 spiro atoms. The Labute approximate surface area is 237 Å². The zero-order valence-electron chi connectivity index (χ0n) is 24.1. The van der Waals surface area contributed by atoms with Crippen LogP contribution in [0.2, 0.25) is 0 Å². The average molecular weight is 547 g/mol. The number of carbonyl (C=O) groups is 1. The molecule has 4 N–H and O–H groups in total. The lowest BCUT2D eigenvalue weighted by Crippen LogP contribution is -2.50. The van der Waals surface area contributed by atoms with E-state index in [2.05, 4.69) is 54.8 Å². The zero-order valence-corrected chi connectivity index (χ0v) is 24.1. The Morgan fingerprint density at radius 3 is 2.58 bits per heavy atom. The van der Waals surface area contributed by atoms with E-state index in [-0.39, 0.29) is 36.7 Å². The number of amides is 1. The van der Waals surface area contributed by atoms with Gasteiger partial charge in [-0.1, -0.05) is 58.2 Å². The number of carbonyl (C=O) groups excluding carboxylic acids is 1. The minimum Gasteiger partial charge on any atom is -0.393 e. The molecule has 1 amide bonds. The first kappa shape index (κ1) is 31.0. The van der Waals surface area contributed by atoms with Gasteiger partial charge in [0.1, 0.15) is 17.4 Å². The van der Waals surface area contributed by atoms with Crippen LogP contribution in [0.15, 0.2) is 60.3 Å². The van der Waals surface area contributed by atoms with Gasteiger partial charge in [-0.2, -0.15) is 5.26 Å². The molecule has 0 aromatic heterocycles. The molecule has 8 heteroatoms. The largest absolute Gasteiger partial charge is 0.393 e. The summed E-state index contributed by atoms with van der Waals surface area (Å²) >= 11 is 0. The number of benzene rings is 1. The fourth-order valence-electron chi connectivity index (χ4n) is 5.18. The highest BCUT2D eigenvalue weighted by Gasteiger charge is 2.43. The number of nitrogens with zero attached hydrogens (tertiary/aromatic N) is 2. The van der Waals surface area contributed by atoms with Gasteiger partial charge in [0.15, 0.2) is 5.84 Å². The quantitative estimate of drug-likeness (QED) is 0.157. The molecule has 1 aromatic carbocycles. The van der Waals surface area contributed by atoms with E-state index in [9.17, 15) is 15.0 Å². The second-order valence-electron chi connectivity index (χ2n) is 11.4. The first-order chi connectivity index (χ1) is 19.0. The van der Waals surface area contributed by atoms with E-state index in [1.165, 1.54) is 12.6 Å². The van der Waals surface area contributed by atoms with E-state index in [0.29, 0.717) is 12.8 Å². The van der Waals surface area contributed by atoms with Crippen LogP contribution >= 0.6 is 0 Å². The average Bonchev–Trinajstić information content (AvgIpc) is 2.98. The lowest BCUT2D eigenvalue weighted by atomic mass is 9.75. The molecule has 40 heavy (non-hydrogen) atoms. The van der Waals surface area contributed by atoms with Crippen molar-refractivity contribution in [3.8, 4) is 6.07 Å². The maximum Gasteiger partial charge on any atom is 0.286 e. The van der Waals surface area contributed by atoms with E-state index in [1.807, 2.05) is 31.2 Å². The molecule has 0 saturated carbocycles. The standard InChI is InChI=1S/C32H42N4O4/c1-7-31(20-37)16-26(17-32(8-2,21-38)40-31)24-9-10-25(19-35-29(39)28(34-6)36-22(3)18-33)27(15-24)23-11-13-30(4,5)14-12-23/h7,9-11,15-16,37-38H,1,3,8,12-14,17,19-21H2,2,4-6H3,(H,34,36)(H,35,39)/t31-,32+/m1/s1. The molecule has 8 nitrogen and oxygen atoms in total. The normalized spacial score (nSPS) is 24.3. The molecule has 2 aliphatic rings. The Morgan fingerprint density at radius 2 is 2.02 bits per heavy atom. The molecule has 1 aliphatic heterocycles. The summed E-state index contributed by atoms with van der Waals surface area (Å²) in [5, 5.41) is 35.1. The smallest absolute Gasteiger partial charge is 0.286 e. The summed E-state index contributed by atoms with van der Waals surface area (Å²) in [5.74, 6) is -0.422. The van der Waals surface area contributed by atoms with Gasteiger partial charge in [0, 0.05) is 20.0 Å². The van der Waals surface area contributed by atoms with Crippen LogP contribution in [0.5, 0.6) is 0 Å². The number of hydrogen-bond donors (Lipinski definition) is 4. The fourth-order valence-corrected chi connectivity index (χ4v) is 5.18. The molecule has 3 rings (SSSR count). The molecule has 0 radical (unpaired) electrons. The topological polar surface area (TPSA) is 127 Å². The summed E-state index contributed by atoms with van der Waals surface area (Å²) in [6.45, 7) is 13.7. The van der Waals surface area contributed by atoms with Crippen molar-refractivity contribution in [2.45, 2.75) is 70.6 Å². The SMILES string of the molecule is C=C[C@]1(CO)C=C(c2ccc(CNC(=O)C(=NC)NC(=C)C#N)c(C3=CCC(C)(C)CC3)c2)C[C@@](CC)(CO)O1. The highest BCUT2D eigenvalue weighted by molar-refractivity contribution is 6.38. The van der Waals surface area contributed by atoms with Crippen molar-refractivity contribution in [2.75, 3.05) is 20.3 Å². The molecule has 214 valence electrons. The minimum atomic E-state index is -1.09. The highest BCUT2D eigenvalue weighted by Crippen LogP contribution is 2.43. The van der Waals surface area contributed by atoms with Gasteiger partial charge in [0.25, 0.3) is 5.91 Å². The Kier molecular flexibility index (Phi) is 9.91. The summed E-state index contributed by atoms with van der Waals surface area (Å²) in [4.78, 5) is 16.8. The van der Waals surface area contributed by atoms with E-state index >= 15 is 0 Å². The third-order valence-electron chi connectivity index (χ3n) is 7.94. The lowest BCUT2D eigenvalue weighted by Gasteiger charge is -2.44. The van der Waals surface area contributed by atoms with Crippen molar-refractivity contribution in [3.05, 3.63) is 72.0 Å². The van der Waals surface area contributed by atoms with Crippen LogP contribution < -0.4 is 10.6 Å². The van der Waals surface area contributed by atoms with Crippen LogP contribution in [0, 0.1) is 16.7 Å². The van der Waals surface area contributed by atoms with Gasteiger partial charge in [-0.3, -0.25) is 9.79 Å². The number of aliphatic imine (C=N–C) groups is 1. The number of allylic oxidation sites excluding steroid dienone is 3. The third kappa shape index (κ3) is 6.97. The first-order valence-electron chi connectivity index (χ1n) is 13.7. The van der Waals surface area contributed by atoms with Crippen molar-refractivity contribution in [1.29, 1.82) is 5.26 Å². The summed E-state index contributed by atoms with van der Waals surface area (Å²) in [6.07, 6.45) is 9.75. The predicted molar refractivity (Wildman–Crippen MR) is 159 cm³/mol. The maximum absolute atomic E-state index is 12.8. The number of nitrogens with one attached hydrogen (secondary N) is 2. The molecule has 0 bridgehead atoms. The van der Waals surface area contributed by atoms with Crippen LogP contribution in [0.1, 0.15) is 69.6 Å². The van der Waals surface area contributed by atoms with Gasteiger partial charge in [-0.15, -0.1) is 0 Å². The van der Waals surface area contributed by atoms with Crippen molar-refractivity contribution < 1.29 is 19.7 Å². The summed E-state index contributed by atoms with van der Waals surface area (Å²) in [6, 6.07) is 8.00. The number of rotatable bonds is 9. The number of ether oxygens (including phenoxy) is 1. The van der Waals surface area contributed by atoms with E-state index in [4.69, 9.17) is 10.00 Å². The summed E-state index contributed by atoms with van der Waals surface area (Å²) in [5.41, 5.74) is 3.48. The van der Waals surface area contributed by atoms with Crippen molar-refractivity contribution in [2.24, 2.45) is 10.4 Å². The maximum atomic E-state index is 12.8. The van der Waals surface area contributed by atoms with E-state index < -0.39 is 17.1 Å². The van der Waals surface area contributed by atoms with Gasteiger partial charge in [-0.05, 0) is 71.1 Å². The Bertz CT molecular complexity index is 1280. The first-order valence-corrected chi connectivity index (χ1v) is 13.7. The van der Waals surface area contributed by atoms with E-state index in [1.54, 1.807) is 6.08 Å². The van der Waals surface area contributed by atoms with Gasteiger partial charge in [0.05, 0.1) is 18.8 Å². The third-order valence-corrected chi connectivity index (χ3v) is 7.94. The van der Waals surface area contributed by atoms with Gasteiger partial charge in [-0.25, -0.2) is 0 Å². The molecular formula is C32H42N4O4. The number of aliphatic hydroxyl groups excluding tert-OH is 2. The number of aliphatic hydroxyl groups is 2. The van der Waals surface area contributed by atoms with Crippen molar-refractivity contribution in [3.63, 3.8) is 0 Å². The number of hydrogen-bond acceptors (Lipinski definition) is 6. The summed E-state index contributed by atoms with van der Waals surface area (Å²) in [7, 11) is 1.47. The van der Waals surface area contributed by atoms with Crippen LogP contribution in [-0.4, -0.2) is 53.4 Å². The van der Waals surface area contributed by atoms with Crippen LogP contribution in [0.4, 0.5) is 0 Å². The van der Waals surface area contributed by atoms with Crippen molar-refractivity contribution >= 4 is 22.9 Å². The molecular weight excluding hydrogens is 504 g/mol. The molecule has 0 fully saturated rings. The van der Waals surface area contributed by atoms with E-state index in [0.717, 1.165) is 41.5 Å². The lowest BCUT2D eigenvalue weighted by molar-refractivity contribution is -0.154. The monoisotopic (exact) mass is 546 g/mol. The van der Waals surface area contributed by atoms with Gasteiger partial charge < -0.3 is 25.6 Å². The minimum absolute atomic E-state index is 0.0143. The molecule has 1 aliphatic carbocycles. The van der Waals surface area contributed by atoms with Crippen LogP contribution in [0.25, 0.3) is 11.1 Å². The van der Waals surface area contributed by atoms with Gasteiger partial charge >= 0.3 is 0 Å². The highest BCUT2D eigenvalue weighted by atomic mass is 16.5. The molecule has 0 saturated heterocycles. The molecule has 0 unspecified atom stereocenters. The fraction of sp³-hybridized carbons (Fsp3) is 0.469.